The second kappa shape index (κ2) is 10.7. The summed E-state index contributed by atoms with van der Waals surface area (Å²) in [7, 11) is 0. The number of alkyl halides is 3. The normalized spacial score (nSPS) is 13.4. The van der Waals surface area contributed by atoms with Crippen LogP contribution in [0.3, 0.4) is 0 Å². The molecule has 0 radical (unpaired) electrons. The standard InChI is InChI=1S/C22H22ClN3O.C2HF3O2/c1-15-6-8-16(9-7-15)22-18-10-12-26(13-11-20(18)24-25-22)21(27)14-17-4-2-3-5-19(17)23;3-2(4,5)1(6)7/h2-9H,10-14H2,1H3,(H,24,25);(H,6,7). The number of fused-ring (bicyclic) bond motifs is 1. The van der Waals surface area contributed by atoms with Crippen LogP contribution in [0.4, 0.5) is 13.2 Å². The van der Waals surface area contributed by atoms with Crippen molar-refractivity contribution in [3.8, 4) is 11.3 Å². The Morgan fingerprint density at radius 2 is 1.71 bits per heavy atom. The molecule has 3 aromatic rings. The smallest absolute Gasteiger partial charge is 0.475 e. The summed E-state index contributed by atoms with van der Waals surface area (Å²) in [4.78, 5) is 23.6. The highest BCUT2D eigenvalue weighted by Gasteiger charge is 2.38. The molecular weight excluding hydrogens is 471 g/mol. The number of carboxylic acids is 1. The molecule has 180 valence electrons. The predicted octanol–water partition coefficient (Wildman–Crippen LogP) is 4.84. The number of aromatic amines is 1. The molecule has 1 aliphatic rings. The topological polar surface area (TPSA) is 86.3 Å². The monoisotopic (exact) mass is 493 g/mol. The number of carbonyl (C=O) groups excluding carboxylic acids is 1. The fourth-order valence-corrected chi connectivity index (χ4v) is 3.80. The van der Waals surface area contributed by atoms with Gasteiger partial charge >= 0.3 is 12.1 Å². The molecule has 0 saturated heterocycles. The van der Waals surface area contributed by atoms with E-state index in [-0.39, 0.29) is 5.91 Å². The first-order chi connectivity index (χ1) is 16.1. The lowest BCUT2D eigenvalue weighted by Crippen LogP contribution is -2.34. The Labute approximate surface area is 199 Å². The SMILES string of the molecule is Cc1ccc(-c2n[nH]c3c2CCN(C(=O)Cc2ccccc2Cl)CC3)cc1.O=C(O)C(F)(F)F. The molecular formula is C24H23ClF3N3O3. The maximum absolute atomic E-state index is 12.8. The number of aryl methyl sites for hydroxylation is 1. The average Bonchev–Trinajstić information content (AvgIpc) is 3.06. The molecule has 1 amide bonds. The lowest BCUT2D eigenvalue weighted by atomic mass is 10.0. The van der Waals surface area contributed by atoms with Crippen LogP contribution in [0.15, 0.2) is 48.5 Å². The molecule has 2 aromatic carbocycles. The second-order valence-corrected chi connectivity index (χ2v) is 8.25. The molecule has 4 rings (SSSR count). The molecule has 34 heavy (non-hydrogen) atoms. The number of amides is 1. The van der Waals surface area contributed by atoms with E-state index >= 15 is 0 Å². The van der Waals surface area contributed by atoms with Crippen LogP contribution in [-0.2, 0) is 28.9 Å². The zero-order chi connectivity index (χ0) is 24.9. The van der Waals surface area contributed by atoms with Crippen LogP contribution in [0.1, 0.15) is 22.4 Å². The summed E-state index contributed by atoms with van der Waals surface area (Å²) in [5, 5.41) is 15.5. The van der Waals surface area contributed by atoms with E-state index in [0.29, 0.717) is 24.5 Å². The van der Waals surface area contributed by atoms with Crippen molar-refractivity contribution in [1.29, 1.82) is 0 Å². The third-order valence-corrected chi connectivity index (χ3v) is 5.80. The number of hydrogen-bond acceptors (Lipinski definition) is 3. The van der Waals surface area contributed by atoms with Gasteiger partial charge in [-0.15, -0.1) is 0 Å². The Bertz CT molecular complexity index is 1160. The fraction of sp³-hybridized carbons (Fsp3) is 0.292. The van der Waals surface area contributed by atoms with Gasteiger partial charge in [0.15, 0.2) is 0 Å². The van der Waals surface area contributed by atoms with Gasteiger partial charge < -0.3 is 10.0 Å². The summed E-state index contributed by atoms with van der Waals surface area (Å²) >= 11 is 6.21. The predicted molar refractivity (Wildman–Crippen MR) is 122 cm³/mol. The Hall–Kier alpha value is -3.33. The lowest BCUT2D eigenvalue weighted by Gasteiger charge is -2.20. The molecule has 0 saturated carbocycles. The van der Waals surface area contributed by atoms with Crippen LogP contribution in [0, 0.1) is 6.92 Å². The molecule has 10 heteroatoms. The molecule has 0 bridgehead atoms. The van der Waals surface area contributed by atoms with Gasteiger partial charge in [0.1, 0.15) is 0 Å². The summed E-state index contributed by atoms with van der Waals surface area (Å²) in [6.07, 6.45) is -3.14. The number of benzene rings is 2. The lowest BCUT2D eigenvalue weighted by molar-refractivity contribution is -0.192. The van der Waals surface area contributed by atoms with Crippen molar-refractivity contribution < 1.29 is 27.9 Å². The van der Waals surface area contributed by atoms with Crippen LogP contribution in [0.5, 0.6) is 0 Å². The summed E-state index contributed by atoms with van der Waals surface area (Å²) in [6.45, 7) is 3.48. The van der Waals surface area contributed by atoms with Gasteiger partial charge in [0.25, 0.3) is 0 Å². The van der Waals surface area contributed by atoms with E-state index in [1.807, 2.05) is 29.2 Å². The molecule has 6 nitrogen and oxygen atoms in total. The number of carboxylic acid groups (broad SMARTS) is 1. The Balaban J connectivity index is 0.000000406. The minimum atomic E-state index is -5.08. The molecule has 2 heterocycles. The number of halogens is 4. The largest absolute Gasteiger partial charge is 0.490 e. The maximum atomic E-state index is 12.8. The van der Waals surface area contributed by atoms with E-state index < -0.39 is 12.1 Å². The third kappa shape index (κ3) is 6.38. The van der Waals surface area contributed by atoms with Crippen LogP contribution >= 0.6 is 11.6 Å². The number of rotatable bonds is 3. The maximum Gasteiger partial charge on any atom is 0.490 e. The van der Waals surface area contributed by atoms with E-state index in [1.54, 1.807) is 0 Å². The number of H-pyrrole nitrogens is 1. The van der Waals surface area contributed by atoms with E-state index in [1.165, 1.54) is 11.1 Å². The molecule has 0 aliphatic carbocycles. The van der Waals surface area contributed by atoms with Gasteiger partial charge in [-0.1, -0.05) is 59.6 Å². The minimum absolute atomic E-state index is 0.123. The minimum Gasteiger partial charge on any atom is -0.475 e. The quantitative estimate of drug-likeness (QED) is 0.546. The van der Waals surface area contributed by atoms with Crippen LogP contribution in [-0.4, -0.2) is 51.3 Å². The molecule has 0 unspecified atom stereocenters. The number of nitrogens with one attached hydrogen (secondary N) is 1. The van der Waals surface area contributed by atoms with Crippen molar-refractivity contribution in [3.05, 3.63) is 75.9 Å². The van der Waals surface area contributed by atoms with Gasteiger partial charge in [-0.05, 0) is 25.0 Å². The molecule has 0 atom stereocenters. The number of hydrogen-bond donors (Lipinski definition) is 2. The molecule has 0 fully saturated rings. The van der Waals surface area contributed by atoms with E-state index in [9.17, 15) is 18.0 Å². The van der Waals surface area contributed by atoms with Crippen molar-refractivity contribution in [1.82, 2.24) is 15.1 Å². The van der Waals surface area contributed by atoms with Gasteiger partial charge in [-0.3, -0.25) is 9.89 Å². The van der Waals surface area contributed by atoms with Crippen molar-refractivity contribution in [3.63, 3.8) is 0 Å². The summed E-state index contributed by atoms with van der Waals surface area (Å²) in [6, 6.07) is 16.0. The number of nitrogens with zero attached hydrogens (tertiary/aromatic N) is 2. The summed E-state index contributed by atoms with van der Waals surface area (Å²) in [5.74, 6) is -2.63. The zero-order valence-corrected chi connectivity index (χ0v) is 19.1. The van der Waals surface area contributed by atoms with Crippen molar-refractivity contribution in [2.75, 3.05) is 13.1 Å². The van der Waals surface area contributed by atoms with Gasteiger partial charge in [0.2, 0.25) is 5.91 Å². The fourth-order valence-electron chi connectivity index (χ4n) is 3.60. The Morgan fingerprint density at radius 1 is 1.09 bits per heavy atom. The van der Waals surface area contributed by atoms with E-state index in [0.717, 1.165) is 35.4 Å². The summed E-state index contributed by atoms with van der Waals surface area (Å²) < 4.78 is 31.7. The molecule has 1 aliphatic heterocycles. The van der Waals surface area contributed by atoms with Crippen molar-refractivity contribution >= 4 is 23.5 Å². The van der Waals surface area contributed by atoms with Crippen LogP contribution < -0.4 is 0 Å². The number of aromatic nitrogens is 2. The first-order valence-corrected chi connectivity index (χ1v) is 10.9. The van der Waals surface area contributed by atoms with Crippen LogP contribution in [0.2, 0.25) is 5.02 Å². The third-order valence-electron chi connectivity index (χ3n) is 5.44. The highest BCUT2D eigenvalue weighted by molar-refractivity contribution is 6.31. The van der Waals surface area contributed by atoms with Crippen LogP contribution in [0.25, 0.3) is 11.3 Å². The molecule has 2 N–H and O–H groups in total. The number of aliphatic carboxylic acids is 1. The molecule has 1 aromatic heterocycles. The van der Waals surface area contributed by atoms with Crippen molar-refractivity contribution in [2.45, 2.75) is 32.4 Å². The first kappa shape index (κ1) is 25.3. The van der Waals surface area contributed by atoms with Gasteiger partial charge in [-0.2, -0.15) is 18.3 Å². The van der Waals surface area contributed by atoms with E-state index in [2.05, 4.69) is 41.4 Å². The summed E-state index contributed by atoms with van der Waals surface area (Å²) in [5.41, 5.74) is 6.61. The van der Waals surface area contributed by atoms with Gasteiger partial charge in [-0.25, -0.2) is 4.79 Å². The second-order valence-electron chi connectivity index (χ2n) is 7.85. The Kier molecular flexibility index (Phi) is 7.98. The van der Waals surface area contributed by atoms with Gasteiger partial charge in [0, 0.05) is 41.4 Å². The Morgan fingerprint density at radius 3 is 2.32 bits per heavy atom. The first-order valence-electron chi connectivity index (χ1n) is 10.5. The highest BCUT2D eigenvalue weighted by atomic mass is 35.5. The zero-order valence-electron chi connectivity index (χ0n) is 18.3. The van der Waals surface area contributed by atoms with E-state index in [4.69, 9.17) is 21.5 Å². The highest BCUT2D eigenvalue weighted by Crippen LogP contribution is 2.27. The number of carbonyl (C=O) groups is 2. The van der Waals surface area contributed by atoms with Crippen molar-refractivity contribution in [2.24, 2.45) is 0 Å². The van der Waals surface area contributed by atoms with Gasteiger partial charge in [0.05, 0.1) is 12.1 Å². The average molecular weight is 494 g/mol. The molecule has 0 spiro atoms.